The molecule has 0 spiro atoms. The van der Waals surface area contributed by atoms with E-state index in [1.165, 1.54) is 0 Å². The van der Waals surface area contributed by atoms with Gasteiger partial charge in [0.2, 0.25) is 5.75 Å². The molecule has 0 radical (unpaired) electrons. The molecule has 0 saturated carbocycles. The van der Waals surface area contributed by atoms with Gasteiger partial charge in [-0.2, -0.15) is 0 Å². The van der Waals surface area contributed by atoms with Crippen LogP contribution in [0, 0.1) is 0 Å². The fourth-order valence-electron chi connectivity index (χ4n) is 2.56. The third kappa shape index (κ3) is 3.20. The number of rotatable bonds is 6. The minimum atomic E-state index is 0.167. The van der Waals surface area contributed by atoms with Gasteiger partial charge in [-0.05, 0) is 25.3 Å². The molecule has 0 bridgehead atoms. The van der Waals surface area contributed by atoms with Crippen molar-refractivity contribution in [3.05, 3.63) is 17.7 Å². The van der Waals surface area contributed by atoms with Crippen LogP contribution in [0.1, 0.15) is 29.7 Å². The van der Waals surface area contributed by atoms with Gasteiger partial charge in [-0.15, -0.1) is 0 Å². The molecule has 0 amide bonds. The number of hydrogen-bond acceptors (Lipinski definition) is 4. The molecule has 0 aromatic heterocycles. The molecule has 1 aromatic rings. The van der Waals surface area contributed by atoms with Crippen molar-refractivity contribution in [3.8, 4) is 17.2 Å². The first-order valence-corrected chi connectivity index (χ1v) is 7.67. The summed E-state index contributed by atoms with van der Waals surface area (Å²) in [6, 6.07) is 3.91. The quantitative estimate of drug-likeness (QED) is 0.737. The Morgan fingerprint density at radius 1 is 1.20 bits per heavy atom. The highest BCUT2D eigenvalue weighted by Gasteiger charge is 2.25. The largest absolute Gasteiger partial charge is 0.493 e. The third-order valence-corrected chi connectivity index (χ3v) is 4.43. The molecular weight excluding hydrogens is 324 g/mol. The van der Waals surface area contributed by atoms with Crippen LogP contribution in [0.25, 0.3) is 0 Å². The summed E-state index contributed by atoms with van der Waals surface area (Å²) in [6.07, 6.45) is 3.51. The van der Waals surface area contributed by atoms with Crippen molar-refractivity contribution in [2.75, 3.05) is 27.9 Å². The number of alkyl halides is 1. The van der Waals surface area contributed by atoms with E-state index in [1.54, 1.807) is 21.3 Å². The molecule has 1 aliphatic rings. The van der Waals surface area contributed by atoms with Crippen LogP contribution in [0.5, 0.6) is 17.2 Å². The van der Waals surface area contributed by atoms with Gasteiger partial charge >= 0.3 is 0 Å². The van der Waals surface area contributed by atoms with E-state index in [9.17, 15) is 0 Å². The smallest absolute Gasteiger partial charge is 0.203 e. The number of methoxy groups -OCH3 is 3. The van der Waals surface area contributed by atoms with E-state index < -0.39 is 0 Å². The number of hydrogen-bond donors (Lipinski definition) is 0. The molecule has 0 N–H and O–H groups in total. The molecule has 1 saturated heterocycles. The Balaban J connectivity index is 2.25. The average Bonchev–Trinajstić information content (AvgIpc) is 2.98. The maximum absolute atomic E-state index is 5.69. The summed E-state index contributed by atoms with van der Waals surface area (Å²) in [7, 11) is 4.88. The van der Waals surface area contributed by atoms with Gasteiger partial charge in [-0.1, -0.05) is 22.0 Å². The van der Waals surface area contributed by atoms with Crippen LogP contribution in [-0.2, 0) is 4.74 Å². The van der Waals surface area contributed by atoms with Gasteiger partial charge in [-0.25, -0.2) is 0 Å². The fraction of sp³-hybridized carbons (Fsp3) is 0.600. The first kappa shape index (κ1) is 15.4. The van der Waals surface area contributed by atoms with Crippen LogP contribution in [-0.4, -0.2) is 34.0 Å². The Labute approximate surface area is 128 Å². The summed E-state index contributed by atoms with van der Waals surface area (Å²) in [5.74, 6) is 2.01. The zero-order valence-electron chi connectivity index (χ0n) is 12.1. The molecule has 2 unspecified atom stereocenters. The summed E-state index contributed by atoms with van der Waals surface area (Å²) in [5.41, 5.74) is 1.06. The highest BCUT2D eigenvalue weighted by Crippen LogP contribution is 2.45. The number of ether oxygens (including phenoxy) is 4. The maximum atomic E-state index is 5.69. The van der Waals surface area contributed by atoms with E-state index in [4.69, 9.17) is 18.9 Å². The van der Waals surface area contributed by atoms with Crippen LogP contribution in [0.2, 0.25) is 0 Å². The Kier molecular flexibility index (Phi) is 5.54. The molecule has 4 nitrogen and oxygen atoms in total. The Hall–Kier alpha value is -0.940. The maximum Gasteiger partial charge on any atom is 0.203 e. The van der Waals surface area contributed by atoms with Gasteiger partial charge in [0.05, 0.1) is 27.4 Å². The van der Waals surface area contributed by atoms with Crippen molar-refractivity contribution in [1.82, 2.24) is 0 Å². The van der Waals surface area contributed by atoms with Crippen molar-refractivity contribution in [1.29, 1.82) is 0 Å². The molecule has 2 atom stereocenters. The van der Waals surface area contributed by atoms with Gasteiger partial charge in [-0.3, -0.25) is 0 Å². The van der Waals surface area contributed by atoms with E-state index in [0.29, 0.717) is 23.4 Å². The summed E-state index contributed by atoms with van der Waals surface area (Å²) in [5, 5.41) is 0. The van der Waals surface area contributed by atoms with E-state index in [1.807, 2.05) is 12.1 Å². The fourth-order valence-corrected chi connectivity index (χ4v) is 3.34. The molecule has 1 aromatic carbocycles. The second-order valence-corrected chi connectivity index (χ2v) is 5.87. The van der Waals surface area contributed by atoms with Crippen LogP contribution < -0.4 is 14.2 Å². The average molecular weight is 345 g/mol. The van der Waals surface area contributed by atoms with Gasteiger partial charge in [0.1, 0.15) is 0 Å². The molecule has 5 heteroatoms. The van der Waals surface area contributed by atoms with Gasteiger partial charge in [0.25, 0.3) is 0 Å². The summed E-state index contributed by atoms with van der Waals surface area (Å²) >= 11 is 3.74. The normalized spacial score (nSPS) is 19.7. The molecule has 1 heterocycles. The predicted octanol–water partition coefficient (Wildman–Crippen LogP) is 3.72. The lowest BCUT2D eigenvalue weighted by atomic mass is 10.0. The first-order chi connectivity index (χ1) is 9.71. The second-order valence-electron chi connectivity index (χ2n) is 4.76. The number of halogens is 1. The third-order valence-electron chi connectivity index (χ3n) is 3.57. The molecule has 1 aliphatic heterocycles. The molecule has 112 valence electrons. The molecular formula is C15H21BrO4. The first-order valence-electron chi connectivity index (χ1n) is 6.75. The Morgan fingerprint density at radius 3 is 2.50 bits per heavy atom. The summed E-state index contributed by atoms with van der Waals surface area (Å²) in [6.45, 7) is 0.869. The molecule has 20 heavy (non-hydrogen) atoms. The highest BCUT2D eigenvalue weighted by molar-refractivity contribution is 9.09. The van der Waals surface area contributed by atoms with Crippen LogP contribution in [0.15, 0.2) is 12.1 Å². The summed E-state index contributed by atoms with van der Waals surface area (Å²) in [4.78, 5) is 0.167. The van der Waals surface area contributed by atoms with Crippen LogP contribution in [0.3, 0.4) is 0 Å². The highest BCUT2D eigenvalue weighted by atomic mass is 79.9. The van der Waals surface area contributed by atoms with E-state index in [-0.39, 0.29) is 4.83 Å². The minimum absolute atomic E-state index is 0.167. The zero-order chi connectivity index (χ0) is 14.5. The minimum Gasteiger partial charge on any atom is -0.493 e. The van der Waals surface area contributed by atoms with E-state index in [2.05, 4.69) is 15.9 Å². The van der Waals surface area contributed by atoms with Crippen LogP contribution >= 0.6 is 15.9 Å². The van der Waals surface area contributed by atoms with E-state index in [0.717, 1.165) is 31.4 Å². The Morgan fingerprint density at radius 2 is 1.95 bits per heavy atom. The topological polar surface area (TPSA) is 36.9 Å². The van der Waals surface area contributed by atoms with Crippen molar-refractivity contribution in [2.24, 2.45) is 0 Å². The van der Waals surface area contributed by atoms with Crippen molar-refractivity contribution >= 4 is 15.9 Å². The standard InChI is InChI=1S/C15H21BrO4/c1-17-13-7-6-11(14(18-2)15(13)19-3)12(16)9-10-5-4-8-20-10/h6-7,10,12H,4-5,8-9H2,1-3H3. The van der Waals surface area contributed by atoms with Crippen molar-refractivity contribution in [3.63, 3.8) is 0 Å². The SMILES string of the molecule is COc1ccc(C(Br)CC2CCCO2)c(OC)c1OC. The summed E-state index contributed by atoms with van der Waals surface area (Å²) < 4.78 is 21.9. The predicted molar refractivity (Wildman–Crippen MR) is 81.4 cm³/mol. The lowest BCUT2D eigenvalue weighted by Crippen LogP contribution is -2.09. The van der Waals surface area contributed by atoms with Gasteiger partial charge in [0, 0.05) is 17.0 Å². The van der Waals surface area contributed by atoms with Crippen molar-refractivity contribution in [2.45, 2.75) is 30.2 Å². The number of benzene rings is 1. The van der Waals surface area contributed by atoms with E-state index >= 15 is 0 Å². The lowest BCUT2D eigenvalue weighted by Gasteiger charge is -2.20. The Bertz CT molecular complexity index is 444. The zero-order valence-corrected chi connectivity index (χ0v) is 13.7. The van der Waals surface area contributed by atoms with Crippen molar-refractivity contribution < 1.29 is 18.9 Å². The monoisotopic (exact) mass is 344 g/mol. The molecule has 0 aliphatic carbocycles. The van der Waals surface area contributed by atoms with Gasteiger partial charge < -0.3 is 18.9 Å². The van der Waals surface area contributed by atoms with Crippen LogP contribution in [0.4, 0.5) is 0 Å². The lowest BCUT2D eigenvalue weighted by molar-refractivity contribution is 0.104. The molecule has 1 fully saturated rings. The molecule has 2 rings (SSSR count). The second kappa shape index (κ2) is 7.18. The van der Waals surface area contributed by atoms with Gasteiger partial charge in [0.15, 0.2) is 11.5 Å².